The van der Waals surface area contributed by atoms with Gasteiger partial charge in [0.05, 0.1) is 17.2 Å². The van der Waals surface area contributed by atoms with Crippen LogP contribution in [0.3, 0.4) is 0 Å². The van der Waals surface area contributed by atoms with Crippen molar-refractivity contribution in [2.24, 2.45) is 10.9 Å². The summed E-state index contributed by atoms with van der Waals surface area (Å²) < 4.78 is 35.9. The number of hydrogen-bond donors (Lipinski definition) is 3. The largest absolute Gasteiger partial charge is 0.463 e. The van der Waals surface area contributed by atoms with Crippen molar-refractivity contribution < 1.29 is 32.9 Å². The Morgan fingerprint density at radius 3 is 2.82 bits per heavy atom. The highest BCUT2D eigenvalue weighted by atomic mass is 32.2. The molecule has 0 aromatic carbocycles. The number of carbonyl (C=O) groups is 1. The van der Waals surface area contributed by atoms with E-state index in [1.54, 1.807) is 12.1 Å². The van der Waals surface area contributed by atoms with Crippen LogP contribution >= 0.6 is 0 Å². The maximum atomic E-state index is 12.3. The molecule has 0 unspecified atom stereocenters. The van der Waals surface area contributed by atoms with Crippen molar-refractivity contribution in [3.63, 3.8) is 0 Å². The molecule has 0 saturated carbocycles. The monoisotopic (exact) mass is 481 g/mol. The molecule has 2 saturated heterocycles. The van der Waals surface area contributed by atoms with Gasteiger partial charge in [-0.1, -0.05) is 0 Å². The van der Waals surface area contributed by atoms with E-state index in [9.17, 15) is 23.4 Å². The van der Waals surface area contributed by atoms with E-state index in [4.69, 9.17) is 15.2 Å². The van der Waals surface area contributed by atoms with Gasteiger partial charge in [-0.05, 0) is 30.9 Å². The minimum atomic E-state index is -3.01. The summed E-state index contributed by atoms with van der Waals surface area (Å²) in [6, 6.07) is 3.31. The number of nitrogen functional groups attached to an aromatic ring is 1. The number of rotatable bonds is 6. The van der Waals surface area contributed by atoms with Gasteiger partial charge in [0.1, 0.15) is 46.6 Å². The number of esters is 1. The fraction of sp³-hybridized carbons (Fsp3) is 0.600. The lowest BCUT2D eigenvalue weighted by Gasteiger charge is -2.27. The van der Waals surface area contributed by atoms with Gasteiger partial charge in [0.25, 0.3) is 0 Å². The number of sulfone groups is 1. The zero-order valence-electron chi connectivity index (χ0n) is 18.1. The van der Waals surface area contributed by atoms with E-state index in [2.05, 4.69) is 15.1 Å². The average molecular weight is 482 g/mol. The lowest BCUT2D eigenvalue weighted by Crippen LogP contribution is -2.43. The first-order chi connectivity index (χ1) is 15.7. The maximum absolute atomic E-state index is 12.3. The summed E-state index contributed by atoms with van der Waals surface area (Å²) in [6.45, 7) is -0.290. The zero-order chi connectivity index (χ0) is 23.8. The molecule has 4 heterocycles. The number of nitrogens with two attached hydrogens (primary N) is 1. The minimum Gasteiger partial charge on any atom is -0.463 e. The van der Waals surface area contributed by atoms with Crippen LogP contribution in [0.2, 0.25) is 0 Å². The van der Waals surface area contributed by atoms with Crippen molar-refractivity contribution in [3.05, 3.63) is 24.2 Å². The Kier molecular flexibility index (Phi) is 6.40. The first-order valence-corrected chi connectivity index (χ1v) is 12.4. The molecule has 0 spiro atoms. The topological polar surface area (TPSA) is 179 Å². The van der Waals surface area contributed by atoms with Crippen LogP contribution in [0.15, 0.2) is 23.5 Å². The summed E-state index contributed by atoms with van der Waals surface area (Å²) in [5.41, 5.74) is 5.21. The molecule has 180 valence electrons. The number of ether oxygens (including phenoxy) is 2. The van der Waals surface area contributed by atoms with Crippen molar-refractivity contribution in [2.45, 2.75) is 43.2 Å². The standard InChI is InChI=1S/C20H27N5O7S/c1-22-10-20(15-3-2-13-19(21)23-11-24-25(13)15)18(28)17(27)14(32-20)9-31-16(26)8-12-4-6-33(29,30)7-5-12/h2-3,10-12,14,17-18,27-28H,4-9H2,1H3,(H2,21,23,24)/t14-,17-,18-,20+/m1/s1. The Balaban J connectivity index is 1.48. The lowest BCUT2D eigenvalue weighted by atomic mass is 9.92. The van der Waals surface area contributed by atoms with Gasteiger partial charge in [0.15, 0.2) is 11.4 Å². The molecule has 33 heavy (non-hydrogen) atoms. The van der Waals surface area contributed by atoms with Crippen LogP contribution in [0.5, 0.6) is 0 Å². The van der Waals surface area contributed by atoms with Crippen molar-refractivity contribution in [2.75, 3.05) is 30.9 Å². The van der Waals surface area contributed by atoms with Crippen molar-refractivity contribution in [1.82, 2.24) is 14.6 Å². The molecule has 13 heteroatoms. The van der Waals surface area contributed by atoms with Gasteiger partial charge in [-0.3, -0.25) is 9.79 Å². The third kappa shape index (κ3) is 4.45. The van der Waals surface area contributed by atoms with E-state index in [0.29, 0.717) is 24.1 Å². The van der Waals surface area contributed by atoms with Crippen LogP contribution in [0, 0.1) is 5.92 Å². The number of aliphatic hydroxyl groups is 2. The van der Waals surface area contributed by atoms with Crippen molar-refractivity contribution in [1.29, 1.82) is 0 Å². The number of aromatic nitrogens is 3. The molecule has 4 N–H and O–H groups in total. The molecule has 4 atom stereocenters. The first kappa shape index (κ1) is 23.5. The summed E-state index contributed by atoms with van der Waals surface area (Å²) in [5.74, 6) is -0.210. The number of aliphatic imine (C=N–C) groups is 1. The predicted molar refractivity (Wildman–Crippen MR) is 117 cm³/mol. The highest BCUT2D eigenvalue weighted by Gasteiger charge is 2.56. The number of aliphatic hydroxyl groups excluding tert-OH is 2. The number of anilines is 1. The minimum absolute atomic E-state index is 0.0652. The average Bonchev–Trinajstić information content (AvgIpc) is 3.31. The molecule has 0 aliphatic carbocycles. The van der Waals surface area contributed by atoms with Crippen LogP contribution in [0.4, 0.5) is 5.82 Å². The quantitative estimate of drug-likeness (QED) is 0.345. The molecule has 0 bridgehead atoms. The maximum Gasteiger partial charge on any atom is 0.306 e. The third-order valence-electron chi connectivity index (χ3n) is 6.23. The van der Waals surface area contributed by atoms with E-state index in [-0.39, 0.29) is 36.3 Å². The van der Waals surface area contributed by atoms with Crippen LogP contribution in [-0.2, 0) is 29.7 Å². The second-order valence-corrected chi connectivity index (χ2v) is 10.7. The van der Waals surface area contributed by atoms with Crippen LogP contribution < -0.4 is 5.73 Å². The van der Waals surface area contributed by atoms with Crippen LogP contribution in [0.25, 0.3) is 5.52 Å². The third-order valence-corrected chi connectivity index (χ3v) is 7.95. The van der Waals surface area contributed by atoms with Gasteiger partial charge in [0, 0.05) is 19.7 Å². The van der Waals surface area contributed by atoms with E-state index < -0.39 is 39.7 Å². The first-order valence-electron chi connectivity index (χ1n) is 10.6. The molecule has 2 aliphatic rings. The lowest BCUT2D eigenvalue weighted by molar-refractivity contribution is -0.151. The van der Waals surface area contributed by atoms with Gasteiger partial charge in [-0.15, -0.1) is 0 Å². The van der Waals surface area contributed by atoms with E-state index in [0.717, 1.165) is 0 Å². The second kappa shape index (κ2) is 8.97. The van der Waals surface area contributed by atoms with E-state index >= 15 is 0 Å². The molecule has 0 amide bonds. The Morgan fingerprint density at radius 2 is 2.12 bits per heavy atom. The zero-order valence-corrected chi connectivity index (χ0v) is 18.9. The number of hydrogen-bond acceptors (Lipinski definition) is 11. The molecule has 2 fully saturated rings. The van der Waals surface area contributed by atoms with Gasteiger partial charge in [-0.25, -0.2) is 17.9 Å². The SMILES string of the molecule is CN=C[C@@]1(c2ccc3c(N)ncnn23)O[C@H](COC(=O)CC2CCS(=O)(=O)CC2)[C@@H](O)[C@H]1O. The summed E-state index contributed by atoms with van der Waals surface area (Å²) in [4.78, 5) is 20.3. The highest BCUT2D eigenvalue weighted by molar-refractivity contribution is 7.91. The van der Waals surface area contributed by atoms with Gasteiger partial charge >= 0.3 is 5.97 Å². The normalized spacial score (nSPS) is 30.2. The van der Waals surface area contributed by atoms with E-state index in [1.807, 2.05) is 0 Å². The second-order valence-electron chi connectivity index (χ2n) is 8.42. The number of fused-ring (bicyclic) bond motifs is 1. The van der Waals surface area contributed by atoms with Crippen molar-refractivity contribution in [3.8, 4) is 0 Å². The molecule has 2 aliphatic heterocycles. The summed E-state index contributed by atoms with van der Waals surface area (Å²) in [7, 11) is -1.51. The molecule has 2 aromatic heterocycles. The van der Waals surface area contributed by atoms with Crippen LogP contribution in [0.1, 0.15) is 25.0 Å². The Morgan fingerprint density at radius 1 is 1.39 bits per heavy atom. The Bertz CT molecular complexity index is 1150. The number of carbonyl (C=O) groups excluding carboxylic acids is 1. The van der Waals surface area contributed by atoms with Crippen LogP contribution in [-0.4, -0.2) is 88.9 Å². The smallest absolute Gasteiger partial charge is 0.306 e. The van der Waals surface area contributed by atoms with Gasteiger partial charge in [0.2, 0.25) is 0 Å². The fourth-order valence-corrected chi connectivity index (χ4v) is 6.01. The highest BCUT2D eigenvalue weighted by Crippen LogP contribution is 2.40. The fourth-order valence-electron chi connectivity index (χ4n) is 4.42. The molecule has 4 rings (SSSR count). The van der Waals surface area contributed by atoms with E-state index in [1.165, 1.54) is 24.1 Å². The predicted octanol–water partition coefficient (Wildman–Crippen LogP) is -0.914. The number of nitrogens with zero attached hydrogens (tertiary/aromatic N) is 4. The van der Waals surface area contributed by atoms with Gasteiger partial charge in [-0.2, -0.15) is 5.10 Å². The molecule has 0 radical (unpaired) electrons. The summed E-state index contributed by atoms with van der Waals surface area (Å²) in [5, 5.41) is 25.8. The molecule has 2 aromatic rings. The Labute approximate surface area is 190 Å². The summed E-state index contributed by atoms with van der Waals surface area (Å²) in [6.07, 6.45) is -0.285. The van der Waals surface area contributed by atoms with Gasteiger partial charge < -0.3 is 25.4 Å². The molecular formula is C20H27N5O7S. The molecule has 12 nitrogen and oxygen atoms in total. The Hall–Kier alpha value is -2.61. The summed E-state index contributed by atoms with van der Waals surface area (Å²) >= 11 is 0. The molecular weight excluding hydrogens is 454 g/mol. The van der Waals surface area contributed by atoms with Crippen molar-refractivity contribution >= 4 is 33.4 Å².